The molecule has 0 bridgehead atoms. The van der Waals surface area contributed by atoms with Gasteiger partial charge in [0, 0.05) is 44.0 Å². The van der Waals surface area contributed by atoms with E-state index in [4.69, 9.17) is 9.47 Å². The van der Waals surface area contributed by atoms with Crippen molar-refractivity contribution in [1.29, 1.82) is 0 Å². The normalized spacial score (nSPS) is 19.6. The lowest BCUT2D eigenvalue weighted by Crippen LogP contribution is -2.28. The molecule has 0 amide bonds. The Labute approximate surface area is 118 Å². The molecule has 1 saturated heterocycles. The van der Waals surface area contributed by atoms with Crippen LogP contribution < -0.4 is 5.32 Å². The molecule has 110 valence electrons. The fraction of sp³-hybridized carbons (Fsp3) is 0.714. The van der Waals surface area contributed by atoms with E-state index in [2.05, 4.69) is 15.1 Å². The summed E-state index contributed by atoms with van der Waals surface area (Å²) in [6.07, 6.45) is 2.84. The van der Waals surface area contributed by atoms with Gasteiger partial charge in [-0.3, -0.25) is 4.68 Å². The maximum Gasteiger partial charge on any atom is 0.359 e. The third-order valence-corrected chi connectivity index (χ3v) is 3.96. The van der Waals surface area contributed by atoms with Crippen molar-refractivity contribution in [2.75, 3.05) is 26.4 Å². The molecule has 1 N–H and O–H groups in total. The number of carbonyl (C=O) groups excluding carboxylic acids is 1. The summed E-state index contributed by atoms with van der Waals surface area (Å²) in [6, 6.07) is 0.346. The molecule has 3 heterocycles. The second-order valence-corrected chi connectivity index (χ2v) is 5.21. The average molecular weight is 279 g/mol. The number of nitrogens with zero attached hydrogens (tertiary/aromatic N) is 2. The Hall–Kier alpha value is -1.40. The first-order chi connectivity index (χ1) is 9.81. The number of hydrogen-bond acceptors (Lipinski definition) is 5. The lowest BCUT2D eigenvalue weighted by Gasteiger charge is -2.25. The van der Waals surface area contributed by atoms with E-state index in [1.807, 2.05) is 6.92 Å². The van der Waals surface area contributed by atoms with Crippen molar-refractivity contribution < 1.29 is 14.3 Å². The van der Waals surface area contributed by atoms with Crippen LogP contribution in [0.1, 0.15) is 47.6 Å². The molecule has 0 unspecified atom stereocenters. The van der Waals surface area contributed by atoms with Crippen molar-refractivity contribution in [2.24, 2.45) is 0 Å². The maximum absolute atomic E-state index is 12.1. The number of fused-ring (bicyclic) bond motifs is 1. The molecule has 3 rings (SSSR count). The van der Waals surface area contributed by atoms with Gasteiger partial charge >= 0.3 is 5.97 Å². The van der Waals surface area contributed by atoms with E-state index in [1.165, 1.54) is 5.69 Å². The Morgan fingerprint density at radius 2 is 2.30 bits per heavy atom. The van der Waals surface area contributed by atoms with Crippen molar-refractivity contribution in [3.05, 3.63) is 17.0 Å². The number of rotatable bonds is 3. The van der Waals surface area contributed by atoms with Crippen molar-refractivity contribution in [2.45, 2.75) is 38.8 Å². The largest absolute Gasteiger partial charge is 0.461 e. The molecule has 0 radical (unpaired) electrons. The molecule has 20 heavy (non-hydrogen) atoms. The topological polar surface area (TPSA) is 65.4 Å². The minimum absolute atomic E-state index is 0.307. The van der Waals surface area contributed by atoms with Crippen LogP contribution in [-0.2, 0) is 22.4 Å². The number of hydrogen-bond donors (Lipinski definition) is 1. The highest BCUT2D eigenvalue weighted by Crippen LogP contribution is 2.27. The van der Waals surface area contributed by atoms with Crippen molar-refractivity contribution >= 4 is 5.97 Å². The van der Waals surface area contributed by atoms with E-state index >= 15 is 0 Å². The van der Waals surface area contributed by atoms with Crippen LogP contribution in [0.3, 0.4) is 0 Å². The number of carbonyl (C=O) groups is 1. The summed E-state index contributed by atoms with van der Waals surface area (Å²) in [5.41, 5.74) is 2.69. The zero-order chi connectivity index (χ0) is 13.9. The smallest absolute Gasteiger partial charge is 0.359 e. The fourth-order valence-electron chi connectivity index (χ4n) is 2.97. The number of ether oxygens (including phenoxy) is 2. The highest BCUT2D eigenvalue weighted by atomic mass is 16.5. The first-order valence-corrected chi connectivity index (χ1v) is 7.37. The average Bonchev–Trinajstić information content (AvgIpc) is 2.88. The second kappa shape index (κ2) is 5.93. The highest BCUT2D eigenvalue weighted by molar-refractivity contribution is 5.89. The molecule has 1 aromatic rings. The standard InChI is InChI=1S/C14H21N3O3/c1-2-20-14(18)13-11-9-15-6-3-12(11)17(16-13)10-4-7-19-8-5-10/h10,15H,2-9H2,1H3. The summed E-state index contributed by atoms with van der Waals surface area (Å²) in [5, 5.41) is 7.89. The lowest BCUT2D eigenvalue weighted by atomic mass is 10.0. The number of esters is 1. The van der Waals surface area contributed by atoms with Gasteiger partial charge in [0.25, 0.3) is 0 Å². The van der Waals surface area contributed by atoms with Gasteiger partial charge in [0.2, 0.25) is 0 Å². The third-order valence-electron chi connectivity index (χ3n) is 3.96. The molecule has 2 aliphatic rings. The Morgan fingerprint density at radius 3 is 3.05 bits per heavy atom. The minimum atomic E-state index is -0.307. The maximum atomic E-state index is 12.1. The monoisotopic (exact) mass is 279 g/mol. The molecule has 1 fully saturated rings. The summed E-state index contributed by atoms with van der Waals surface area (Å²) >= 11 is 0. The van der Waals surface area contributed by atoms with Crippen LogP contribution in [0.5, 0.6) is 0 Å². The molecule has 0 saturated carbocycles. The van der Waals surface area contributed by atoms with Crippen LogP contribution in [0.15, 0.2) is 0 Å². The van der Waals surface area contributed by atoms with Crippen LogP contribution in [0.2, 0.25) is 0 Å². The molecule has 0 spiro atoms. The summed E-state index contributed by atoms with van der Waals surface area (Å²) in [5.74, 6) is -0.307. The van der Waals surface area contributed by atoms with E-state index in [1.54, 1.807) is 0 Å². The summed E-state index contributed by atoms with van der Waals surface area (Å²) in [7, 11) is 0. The number of nitrogens with one attached hydrogen (secondary N) is 1. The predicted molar refractivity (Wildman–Crippen MR) is 72.7 cm³/mol. The van der Waals surface area contributed by atoms with Gasteiger partial charge < -0.3 is 14.8 Å². The van der Waals surface area contributed by atoms with Gasteiger partial charge in [0.15, 0.2) is 5.69 Å². The van der Waals surface area contributed by atoms with Gasteiger partial charge in [-0.15, -0.1) is 0 Å². The molecule has 0 aromatic carbocycles. The van der Waals surface area contributed by atoms with E-state index in [0.717, 1.165) is 44.6 Å². The SMILES string of the molecule is CCOC(=O)c1nn(C2CCOCC2)c2c1CNCC2. The van der Waals surface area contributed by atoms with Crippen molar-refractivity contribution in [3.63, 3.8) is 0 Å². The summed E-state index contributed by atoms with van der Waals surface area (Å²) in [6.45, 7) is 5.37. The van der Waals surface area contributed by atoms with Gasteiger partial charge in [-0.1, -0.05) is 0 Å². The van der Waals surface area contributed by atoms with E-state index in [0.29, 0.717) is 24.9 Å². The van der Waals surface area contributed by atoms with Crippen LogP contribution in [-0.4, -0.2) is 42.1 Å². The van der Waals surface area contributed by atoms with Gasteiger partial charge in [-0.25, -0.2) is 4.79 Å². The van der Waals surface area contributed by atoms with Gasteiger partial charge in [-0.05, 0) is 19.8 Å². The van der Waals surface area contributed by atoms with Crippen LogP contribution >= 0.6 is 0 Å². The summed E-state index contributed by atoms with van der Waals surface area (Å²) in [4.78, 5) is 12.1. The van der Waals surface area contributed by atoms with E-state index in [-0.39, 0.29) is 5.97 Å². The molecular formula is C14H21N3O3. The summed E-state index contributed by atoms with van der Waals surface area (Å²) < 4.78 is 12.6. The molecular weight excluding hydrogens is 258 g/mol. The molecule has 2 aliphatic heterocycles. The molecule has 0 atom stereocenters. The zero-order valence-electron chi connectivity index (χ0n) is 11.9. The molecule has 6 heteroatoms. The molecule has 1 aromatic heterocycles. The highest BCUT2D eigenvalue weighted by Gasteiger charge is 2.29. The predicted octanol–water partition coefficient (Wildman–Crippen LogP) is 1.06. The number of aromatic nitrogens is 2. The van der Waals surface area contributed by atoms with Gasteiger partial charge in [0.05, 0.1) is 12.6 Å². The fourth-order valence-corrected chi connectivity index (χ4v) is 2.97. The Morgan fingerprint density at radius 1 is 1.50 bits per heavy atom. The van der Waals surface area contributed by atoms with Crippen LogP contribution in [0.25, 0.3) is 0 Å². The van der Waals surface area contributed by atoms with Crippen molar-refractivity contribution in [3.8, 4) is 0 Å². The Balaban J connectivity index is 1.95. The van der Waals surface area contributed by atoms with Gasteiger partial charge in [0.1, 0.15) is 0 Å². The van der Waals surface area contributed by atoms with Crippen LogP contribution in [0.4, 0.5) is 0 Å². The molecule has 6 nitrogen and oxygen atoms in total. The Kier molecular flexibility index (Phi) is 4.03. The van der Waals surface area contributed by atoms with E-state index < -0.39 is 0 Å². The quantitative estimate of drug-likeness (QED) is 0.838. The lowest BCUT2D eigenvalue weighted by molar-refractivity contribution is 0.0511. The molecule has 0 aliphatic carbocycles. The van der Waals surface area contributed by atoms with Gasteiger partial charge in [-0.2, -0.15) is 5.10 Å². The second-order valence-electron chi connectivity index (χ2n) is 5.21. The first-order valence-electron chi connectivity index (χ1n) is 7.37. The minimum Gasteiger partial charge on any atom is -0.461 e. The Bertz CT molecular complexity index is 492. The third kappa shape index (κ3) is 2.45. The van der Waals surface area contributed by atoms with Crippen molar-refractivity contribution in [1.82, 2.24) is 15.1 Å². The first kappa shape index (κ1) is 13.6. The zero-order valence-corrected chi connectivity index (χ0v) is 11.9. The van der Waals surface area contributed by atoms with E-state index in [9.17, 15) is 4.79 Å². The van der Waals surface area contributed by atoms with Crippen LogP contribution in [0, 0.1) is 0 Å².